The molecule has 4 heteroatoms. The third-order valence-corrected chi connectivity index (χ3v) is 1.57. The molecule has 0 heterocycles. The van der Waals surface area contributed by atoms with Gasteiger partial charge in [0.2, 0.25) is 6.17 Å². The summed E-state index contributed by atoms with van der Waals surface area (Å²) in [6.45, 7) is 0. The number of hydrogen-bond acceptors (Lipinski definition) is 2. The van der Waals surface area contributed by atoms with Gasteiger partial charge in [0.1, 0.15) is 5.82 Å². The summed E-state index contributed by atoms with van der Waals surface area (Å²) in [5, 5.41) is 0. The van der Waals surface area contributed by atoms with Crippen LogP contribution >= 0.6 is 0 Å². The van der Waals surface area contributed by atoms with Gasteiger partial charge in [-0.3, -0.25) is 0 Å². The van der Waals surface area contributed by atoms with E-state index in [9.17, 15) is 13.6 Å². The van der Waals surface area contributed by atoms with Gasteiger partial charge in [-0.1, -0.05) is 12.1 Å². The number of alkyl halides is 1. The van der Waals surface area contributed by atoms with E-state index in [1.165, 1.54) is 12.1 Å². The van der Waals surface area contributed by atoms with Crippen LogP contribution in [-0.4, -0.2) is 13.1 Å². The van der Waals surface area contributed by atoms with Crippen molar-refractivity contribution in [2.45, 2.75) is 6.17 Å². The largest absolute Gasteiger partial charge is 0.467 e. The fourth-order valence-corrected chi connectivity index (χ4v) is 0.871. The van der Waals surface area contributed by atoms with Crippen molar-refractivity contribution in [3.63, 3.8) is 0 Å². The number of esters is 1. The smallest absolute Gasteiger partial charge is 0.345 e. The Kier molecular flexibility index (Phi) is 2.95. The van der Waals surface area contributed by atoms with Crippen LogP contribution in [0.4, 0.5) is 8.78 Å². The first-order chi connectivity index (χ1) is 6.15. The summed E-state index contributed by atoms with van der Waals surface area (Å²) in [4.78, 5) is 10.7. The Morgan fingerprint density at radius 1 is 1.38 bits per heavy atom. The lowest BCUT2D eigenvalue weighted by atomic mass is 10.1. The van der Waals surface area contributed by atoms with E-state index >= 15 is 0 Å². The van der Waals surface area contributed by atoms with E-state index in [1.54, 1.807) is 0 Å². The summed E-state index contributed by atoms with van der Waals surface area (Å²) in [7, 11) is 1.10. The molecule has 0 bridgehead atoms. The Labute approximate surface area is 74.1 Å². The normalized spacial score (nSPS) is 12.2. The van der Waals surface area contributed by atoms with Gasteiger partial charge < -0.3 is 4.74 Å². The molecule has 0 saturated carbocycles. The molecule has 1 aromatic carbocycles. The number of carbonyl (C=O) groups excluding carboxylic acids is 1. The first-order valence-corrected chi connectivity index (χ1v) is 3.62. The second-order valence-electron chi connectivity index (χ2n) is 2.44. The van der Waals surface area contributed by atoms with Crippen molar-refractivity contribution in [1.29, 1.82) is 0 Å². The first-order valence-electron chi connectivity index (χ1n) is 3.62. The van der Waals surface area contributed by atoms with Crippen LogP contribution in [-0.2, 0) is 9.53 Å². The van der Waals surface area contributed by atoms with Gasteiger partial charge in [0, 0.05) is 0 Å². The van der Waals surface area contributed by atoms with Crippen LogP contribution in [0.1, 0.15) is 11.7 Å². The Morgan fingerprint density at radius 3 is 2.38 bits per heavy atom. The van der Waals surface area contributed by atoms with Crippen LogP contribution in [0.3, 0.4) is 0 Å². The highest BCUT2D eigenvalue weighted by Gasteiger charge is 2.19. The summed E-state index contributed by atoms with van der Waals surface area (Å²) in [5.74, 6) is -1.45. The topological polar surface area (TPSA) is 26.3 Å². The highest BCUT2D eigenvalue weighted by atomic mass is 19.1. The number of methoxy groups -OCH3 is 1. The minimum Gasteiger partial charge on any atom is -0.467 e. The molecule has 1 rings (SSSR count). The number of rotatable bonds is 2. The maximum absolute atomic E-state index is 13.1. The maximum Gasteiger partial charge on any atom is 0.345 e. The third kappa shape index (κ3) is 2.24. The summed E-state index contributed by atoms with van der Waals surface area (Å²) in [5.41, 5.74) is 0.0910. The van der Waals surface area contributed by atoms with Crippen LogP contribution in [0.2, 0.25) is 0 Å². The Morgan fingerprint density at radius 2 is 1.92 bits per heavy atom. The molecule has 0 spiro atoms. The van der Waals surface area contributed by atoms with E-state index in [0.717, 1.165) is 19.2 Å². The molecule has 0 radical (unpaired) electrons. The summed E-state index contributed by atoms with van der Waals surface area (Å²) in [6.07, 6.45) is -1.84. The standard InChI is InChI=1S/C9H8F2O2/c1-13-9(12)8(11)6-2-4-7(10)5-3-6/h2-5,8H,1H3. The number of benzene rings is 1. The summed E-state index contributed by atoms with van der Waals surface area (Å²) in [6, 6.07) is 4.59. The zero-order valence-corrected chi connectivity index (χ0v) is 6.96. The van der Waals surface area contributed by atoms with Crippen LogP contribution in [0.15, 0.2) is 24.3 Å². The van der Waals surface area contributed by atoms with E-state index in [0.29, 0.717) is 0 Å². The molecular weight excluding hydrogens is 178 g/mol. The van der Waals surface area contributed by atoms with Crippen LogP contribution in [0.25, 0.3) is 0 Å². The SMILES string of the molecule is COC(=O)C(F)c1ccc(F)cc1. The van der Waals surface area contributed by atoms with Crippen molar-refractivity contribution in [1.82, 2.24) is 0 Å². The summed E-state index contributed by atoms with van der Waals surface area (Å²) < 4.78 is 29.6. The van der Waals surface area contributed by atoms with Crippen molar-refractivity contribution >= 4 is 5.97 Å². The molecule has 1 atom stereocenters. The average molecular weight is 186 g/mol. The molecule has 70 valence electrons. The number of halogens is 2. The molecule has 0 saturated heterocycles. The monoisotopic (exact) mass is 186 g/mol. The van der Waals surface area contributed by atoms with Gasteiger partial charge in [-0.2, -0.15) is 0 Å². The van der Waals surface area contributed by atoms with Crippen molar-refractivity contribution in [3.8, 4) is 0 Å². The Bertz CT molecular complexity index is 295. The lowest BCUT2D eigenvalue weighted by Crippen LogP contribution is -2.09. The lowest BCUT2D eigenvalue weighted by Gasteiger charge is -2.05. The van der Waals surface area contributed by atoms with Crippen LogP contribution in [0, 0.1) is 5.82 Å². The van der Waals surface area contributed by atoms with Gasteiger partial charge in [-0.05, 0) is 17.7 Å². The van der Waals surface area contributed by atoms with E-state index in [4.69, 9.17) is 0 Å². The molecule has 0 fully saturated rings. The predicted octanol–water partition coefficient (Wildman–Crippen LogP) is 2.01. The second kappa shape index (κ2) is 3.98. The molecule has 1 unspecified atom stereocenters. The van der Waals surface area contributed by atoms with Crippen molar-refractivity contribution < 1.29 is 18.3 Å². The van der Waals surface area contributed by atoms with Gasteiger partial charge in [-0.25, -0.2) is 13.6 Å². The fourth-order valence-electron chi connectivity index (χ4n) is 0.871. The van der Waals surface area contributed by atoms with E-state index < -0.39 is 18.0 Å². The number of carbonyl (C=O) groups is 1. The Hall–Kier alpha value is -1.45. The average Bonchev–Trinajstić information content (AvgIpc) is 2.17. The van der Waals surface area contributed by atoms with Gasteiger partial charge >= 0.3 is 5.97 Å². The molecule has 0 aliphatic heterocycles. The number of hydrogen-bond donors (Lipinski definition) is 0. The van der Waals surface area contributed by atoms with Gasteiger partial charge in [0.05, 0.1) is 7.11 Å². The minimum absolute atomic E-state index is 0.0910. The zero-order chi connectivity index (χ0) is 9.84. The van der Waals surface area contributed by atoms with Gasteiger partial charge in [0.25, 0.3) is 0 Å². The minimum atomic E-state index is -1.84. The zero-order valence-electron chi connectivity index (χ0n) is 6.96. The van der Waals surface area contributed by atoms with Crippen LogP contribution < -0.4 is 0 Å². The number of ether oxygens (including phenoxy) is 1. The highest BCUT2D eigenvalue weighted by Crippen LogP contribution is 2.18. The van der Waals surface area contributed by atoms with E-state index in [2.05, 4.69) is 4.74 Å². The molecule has 0 aliphatic carbocycles. The van der Waals surface area contributed by atoms with Crippen molar-refractivity contribution in [3.05, 3.63) is 35.6 Å². The molecule has 13 heavy (non-hydrogen) atoms. The van der Waals surface area contributed by atoms with E-state index in [-0.39, 0.29) is 5.56 Å². The second-order valence-corrected chi connectivity index (χ2v) is 2.44. The van der Waals surface area contributed by atoms with Gasteiger partial charge in [-0.15, -0.1) is 0 Å². The third-order valence-electron chi connectivity index (χ3n) is 1.57. The predicted molar refractivity (Wildman–Crippen MR) is 42.3 cm³/mol. The van der Waals surface area contributed by atoms with Crippen LogP contribution in [0.5, 0.6) is 0 Å². The highest BCUT2D eigenvalue weighted by molar-refractivity contribution is 5.76. The first kappa shape index (κ1) is 9.64. The van der Waals surface area contributed by atoms with Gasteiger partial charge in [0.15, 0.2) is 0 Å². The molecule has 0 N–H and O–H groups in total. The lowest BCUT2D eigenvalue weighted by molar-refractivity contribution is -0.146. The van der Waals surface area contributed by atoms with E-state index in [1.807, 2.05) is 0 Å². The Balaban J connectivity index is 2.83. The molecule has 1 aromatic rings. The molecule has 0 aliphatic rings. The summed E-state index contributed by atoms with van der Waals surface area (Å²) >= 11 is 0. The molecule has 0 aromatic heterocycles. The fraction of sp³-hybridized carbons (Fsp3) is 0.222. The quantitative estimate of drug-likeness (QED) is 0.660. The maximum atomic E-state index is 13.1. The molecule has 0 amide bonds. The molecular formula is C9H8F2O2. The van der Waals surface area contributed by atoms with Crippen molar-refractivity contribution in [2.24, 2.45) is 0 Å². The van der Waals surface area contributed by atoms with Crippen molar-refractivity contribution in [2.75, 3.05) is 7.11 Å². The molecule has 2 nitrogen and oxygen atoms in total.